The van der Waals surface area contributed by atoms with Crippen LogP contribution in [0.2, 0.25) is 0 Å². The molecule has 1 saturated heterocycles. The van der Waals surface area contributed by atoms with Crippen molar-refractivity contribution < 1.29 is 45.3 Å². The SMILES string of the molecule is CC(C)(CCC(NC(=O)c1nonc1C1CC1)c1cn2ncc(C(COC3CC3)N3CC(C(F)(F)F)NC3=O)cc2n1)C(F)(F)F. The van der Waals surface area contributed by atoms with E-state index >= 15 is 0 Å². The maximum atomic E-state index is 13.7. The van der Waals surface area contributed by atoms with E-state index in [1.165, 1.54) is 23.0 Å². The second-order valence-electron chi connectivity index (χ2n) is 12.7. The minimum atomic E-state index is -4.64. The summed E-state index contributed by atoms with van der Waals surface area (Å²) in [5.74, 6) is -0.659. The molecule has 3 aromatic heterocycles. The van der Waals surface area contributed by atoms with E-state index in [0.717, 1.165) is 44.4 Å². The van der Waals surface area contributed by atoms with Crippen LogP contribution in [0.5, 0.6) is 0 Å². The molecule has 3 atom stereocenters. The second-order valence-corrected chi connectivity index (χ2v) is 12.7. The van der Waals surface area contributed by atoms with Crippen molar-refractivity contribution in [2.75, 3.05) is 13.2 Å². The Hall–Kier alpha value is -3.96. The summed E-state index contributed by atoms with van der Waals surface area (Å²) < 4.78 is 93.3. The van der Waals surface area contributed by atoms with Crippen LogP contribution in [0, 0.1) is 5.41 Å². The Labute approximate surface area is 258 Å². The summed E-state index contributed by atoms with van der Waals surface area (Å²) in [7, 11) is 0. The van der Waals surface area contributed by atoms with Crippen LogP contribution in [-0.2, 0) is 4.74 Å². The Morgan fingerprint density at radius 3 is 2.52 bits per heavy atom. The van der Waals surface area contributed by atoms with Crippen LogP contribution >= 0.6 is 0 Å². The largest absolute Gasteiger partial charge is 0.410 e. The van der Waals surface area contributed by atoms with Gasteiger partial charge in [-0.2, -0.15) is 31.4 Å². The Bertz CT molecular complexity index is 1600. The van der Waals surface area contributed by atoms with Crippen molar-refractivity contribution in [2.45, 2.75) is 94.9 Å². The fourth-order valence-corrected chi connectivity index (χ4v) is 5.24. The minimum Gasteiger partial charge on any atom is -0.376 e. The van der Waals surface area contributed by atoms with Gasteiger partial charge < -0.3 is 20.3 Å². The maximum absolute atomic E-state index is 13.7. The molecule has 4 heterocycles. The van der Waals surface area contributed by atoms with Crippen molar-refractivity contribution in [1.29, 1.82) is 0 Å². The highest BCUT2D eigenvalue weighted by atomic mass is 19.4. The highest BCUT2D eigenvalue weighted by Crippen LogP contribution is 2.43. The van der Waals surface area contributed by atoms with Crippen LogP contribution in [0.3, 0.4) is 0 Å². The normalized spacial score (nSPS) is 20.7. The number of nitrogens with zero attached hydrogens (tertiary/aromatic N) is 6. The average molecular weight is 659 g/mol. The van der Waals surface area contributed by atoms with Crippen LogP contribution in [0.25, 0.3) is 5.65 Å². The predicted molar refractivity (Wildman–Crippen MR) is 145 cm³/mol. The lowest BCUT2D eigenvalue weighted by atomic mass is 9.85. The van der Waals surface area contributed by atoms with Gasteiger partial charge in [0.15, 0.2) is 11.3 Å². The van der Waals surface area contributed by atoms with Gasteiger partial charge in [0, 0.05) is 11.5 Å². The van der Waals surface area contributed by atoms with Gasteiger partial charge >= 0.3 is 18.4 Å². The van der Waals surface area contributed by atoms with E-state index in [2.05, 4.69) is 25.7 Å². The first-order valence-corrected chi connectivity index (χ1v) is 14.9. The molecule has 46 heavy (non-hydrogen) atoms. The molecule has 18 heteroatoms. The molecule has 3 fully saturated rings. The van der Waals surface area contributed by atoms with Gasteiger partial charge in [0.1, 0.15) is 11.7 Å². The van der Waals surface area contributed by atoms with Crippen LogP contribution < -0.4 is 10.6 Å². The van der Waals surface area contributed by atoms with Crippen molar-refractivity contribution in [1.82, 2.24) is 40.4 Å². The van der Waals surface area contributed by atoms with E-state index in [1.54, 1.807) is 0 Å². The molecular weight excluding hydrogens is 626 g/mol. The molecule has 3 unspecified atom stereocenters. The number of imidazole rings is 1. The number of fused-ring (bicyclic) bond motifs is 1. The lowest BCUT2D eigenvalue weighted by Crippen LogP contribution is -2.40. The fraction of sp³-hybridized carbons (Fsp3) is 0.643. The first kappa shape index (κ1) is 32.0. The van der Waals surface area contributed by atoms with E-state index in [9.17, 15) is 35.9 Å². The number of hydrogen-bond acceptors (Lipinski definition) is 8. The average Bonchev–Trinajstić information content (AvgIpc) is 3.86. The number of halogens is 6. The highest BCUT2D eigenvalue weighted by Gasteiger charge is 2.49. The molecule has 6 rings (SSSR count). The third kappa shape index (κ3) is 6.76. The van der Waals surface area contributed by atoms with Gasteiger partial charge in [0.2, 0.25) is 0 Å². The Balaban J connectivity index is 1.29. The number of ether oxygens (including phenoxy) is 1. The predicted octanol–water partition coefficient (Wildman–Crippen LogP) is 5.01. The Morgan fingerprint density at radius 2 is 1.89 bits per heavy atom. The molecule has 2 saturated carbocycles. The number of nitrogens with one attached hydrogen (secondary N) is 2. The lowest BCUT2D eigenvalue weighted by molar-refractivity contribution is -0.214. The fourth-order valence-electron chi connectivity index (χ4n) is 5.24. The molecule has 3 aromatic rings. The molecule has 0 aromatic carbocycles. The highest BCUT2D eigenvalue weighted by molar-refractivity contribution is 5.93. The monoisotopic (exact) mass is 658 g/mol. The number of carbonyl (C=O) groups excluding carboxylic acids is 2. The van der Waals surface area contributed by atoms with Gasteiger partial charge in [-0.05, 0) is 49.7 Å². The van der Waals surface area contributed by atoms with Crippen LogP contribution in [0.1, 0.15) is 97.8 Å². The van der Waals surface area contributed by atoms with E-state index in [-0.39, 0.29) is 48.5 Å². The Kier molecular flexibility index (Phi) is 8.13. The molecule has 0 radical (unpaired) electrons. The zero-order valence-corrected chi connectivity index (χ0v) is 24.9. The van der Waals surface area contributed by atoms with E-state index in [4.69, 9.17) is 9.37 Å². The summed E-state index contributed by atoms with van der Waals surface area (Å²) in [5.41, 5.74) is -0.995. The smallest absolute Gasteiger partial charge is 0.376 e. The molecule has 2 aliphatic carbocycles. The summed E-state index contributed by atoms with van der Waals surface area (Å²) in [6.45, 7) is 1.43. The molecular formula is C28H32F6N8O4. The standard InChI is InChI=1S/C28H32F6N8O4/c1-26(2,28(32,33)34)8-7-17(37-24(43)23-22(14-3-4-14)39-46-40-23)18-11-42-21(36-18)9-15(10-35-42)19(13-45-16-5-6-16)41-12-20(27(29,30)31)38-25(41)44/h9-11,14,16-17,19-20H,3-8,12-13H2,1-2H3,(H,37,43)(H,38,44). The number of urea groups is 1. The zero-order chi connectivity index (χ0) is 33.0. The number of aromatic nitrogens is 5. The van der Waals surface area contributed by atoms with Gasteiger partial charge in [0.05, 0.1) is 54.8 Å². The van der Waals surface area contributed by atoms with E-state index in [1.807, 2.05) is 5.32 Å². The first-order chi connectivity index (χ1) is 21.6. The molecule has 0 bridgehead atoms. The maximum Gasteiger partial charge on any atom is 0.410 e. The number of carbonyl (C=O) groups is 2. The molecule has 250 valence electrons. The summed E-state index contributed by atoms with van der Waals surface area (Å²) in [5, 5.41) is 16.5. The number of alkyl halides is 6. The van der Waals surface area contributed by atoms with Crippen molar-refractivity contribution in [2.24, 2.45) is 5.41 Å². The molecule has 2 N–H and O–H groups in total. The number of amides is 3. The minimum absolute atomic E-state index is 0.0216. The molecule has 3 amide bonds. The summed E-state index contributed by atoms with van der Waals surface area (Å²) in [6.07, 6.45) is -3.66. The number of rotatable bonds is 12. The Morgan fingerprint density at radius 1 is 1.15 bits per heavy atom. The third-order valence-corrected chi connectivity index (χ3v) is 8.65. The molecule has 12 nitrogen and oxygen atoms in total. The van der Waals surface area contributed by atoms with Crippen LogP contribution in [0.4, 0.5) is 31.1 Å². The van der Waals surface area contributed by atoms with Gasteiger partial charge in [-0.1, -0.05) is 19.0 Å². The second kappa shape index (κ2) is 11.7. The first-order valence-electron chi connectivity index (χ1n) is 14.9. The van der Waals surface area contributed by atoms with Crippen molar-refractivity contribution >= 4 is 17.6 Å². The third-order valence-electron chi connectivity index (χ3n) is 8.65. The van der Waals surface area contributed by atoms with E-state index < -0.39 is 54.4 Å². The molecule has 0 spiro atoms. The summed E-state index contributed by atoms with van der Waals surface area (Å²) in [6, 6.07) is -3.36. The zero-order valence-electron chi connectivity index (χ0n) is 24.9. The molecule has 3 aliphatic rings. The summed E-state index contributed by atoms with van der Waals surface area (Å²) >= 11 is 0. The van der Waals surface area contributed by atoms with Crippen molar-refractivity contribution in [3.63, 3.8) is 0 Å². The van der Waals surface area contributed by atoms with Gasteiger partial charge in [0.25, 0.3) is 5.91 Å². The van der Waals surface area contributed by atoms with E-state index in [0.29, 0.717) is 11.3 Å². The molecule has 1 aliphatic heterocycles. The van der Waals surface area contributed by atoms with Crippen LogP contribution in [-0.4, -0.2) is 79.4 Å². The topological polar surface area (TPSA) is 140 Å². The van der Waals surface area contributed by atoms with Crippen molar-refractivity contribution in [3.05, 3.63) is 41.1 Å². The van der Waals surface area contributed by atoms with Gasteiger partial charge in [-0.15, -0.1) is 0 Å². The number of hydrogen-bond donors (Lipinski definition) is 2. The van der Waals surface area contributed by atoms with Gasteiger partial charge in [-0.25, -0.2) is 18.9 Å². The lowest BCUT2D eigenvalue weighted by Gasteiger charge is -2.29. The van der Waals surface area contributed by atoms with Crippen LogP contribution in [0.15, 0.2) is 23.1 Å². The quantitative estimate of drug-likeness (QED) is 0.259. The van der Waals surface area contributed by atoms with Gasteiger partial charge in [-0.3, -0.25) is 4.79 Å². The summed E-state index contributed by atoms with van der Waals surface area (Å²) in [4.78, 5) is 31.5. The van der Waals surface area contributed by atoms with Crippen molar-refractivity contribution in [3.8, 4) is 0 Å².